The van der Waals surface area contributed by atoms with E-state index in [1.54, 1.807) is 27.9 Å². The van der Waals surface area contributed by atoms with E-state index in [9.17, 15) is 10.1 Å². The first-order valence-electron chi connectivity index (χ1n) is 6.54. The SMILES string of the molecule is CN(Nc1ccc2ncsc2c1)SOc1ccc([N+](=O)[O-])cc1. The minimum absolute atomic E-state index is 0.0340. The molecule has 0 aliphatic carbocycles. The maximum atomic E-state index is 10.6. The summed E-state index contributed by atoms with van der Waals surface area (Å²) in [5.41, 5.74) is 6.90. The minimum Gasteiger partial charge on any atom is -0.408 e. The Balaban J connectivity index is 1.56. The molecule has 1 N–H and O–H groups in total. The van der Waals surface area contributed by atoms with Crippen LogP contribution in [0.5, 0.6) is 5.75 Å². The zero-order chi connectivity index (χ0) is 16.2. The number of benzene rings is 2. The van der Waals surface area contributed by atoms with E-state index < -0.39 is 4.92 Å². The molecule has 3 aromatic rings. The van der Waals surface area contributed by atoms with Gasteiger partial charge in [0.2, 0.25) is 0 Å². The number of aromatic nitrogens is 1. The Kier molecular flexibility index (Phi) is 4.60. The molecule has 0 radical (unpaired) electrons. The number of nitro benzene ring substituents is 1. The van der Waals surface area contributed by atoms with Crippen LogP contribution < -0.4 is 9.61 Å². The van der Waals surface area contributed by atoms with E-state index in [2.05, 4.69) is 10.4 Å². The maximum absolute atomic E-state index is 10.6. The number of anilines is 1. The van der Waals surface area contributed by atoms with Crippen LogP contribution in [0.4, 0.5) is 11.4 Å². The predicted octanol–water partition coefficient (Wildman–Crippen LogP) is 4.11. The molecule has 0 aliphatic heterocycles. The van der Waals surface area contributed by atoms with Crippen LogP contribution in [0, 0.1) is 10.1 Å². The molecule has 0 saturated carbocycles. The lowest BCUT2D eigenvalue weighted by molar-refractivity contribution is -0.384. The Morgan fingerprint density at radius 2 is 2.09 bits per heavy atom. The fourth-order valence-corrected chi connectivity index (χ4v) is 3.02. The number of nitrogens with one attached hydrogen (secondary N) is 1. The Bertz CT molecular complexity index is 822. The summed E-state index contributed by atoms with van der Waals surface area (Å²) in [5, 5.41) is 10.6. The first kappa shape index (κ1) is 15.5. The molecular weight excluding hydrogens is 336 g/mol. The van der Waals surface area contributed by atoms with Crippen molar-refractivity contribution in [1.29, 1.82) is 0 Å². The monoisotopic (exact) mass is 348 g/mol. The van der Waals surface area contributed by atoms with E-state index in [0.717, 1.165) is 28.1 Å². The van der Waals surface area contributed by atoms with E-state index in [1.165, 1.54) is 12.1 Å². The highest BCUT2D eigenvalue weighted by molar-refractivity contribution is 7.92. The van der Waals surface area contributed by atoms with Crippen molar-refractivity contribution < 1.29 is 9.11 Å². The number of rotatable bonds is 6. The van der Waals surface area contributed by atoms with Gasteiger partial charge in [-0.05, 0) is 30.3 Å². The van der Waals surface area contributed by atoms with Gasteiger partial charge >= 0.3 is 0 Å². The topological polar surface area (TPSA) is 80.5 Å². The summed E-state index contributed by atoms with van der Waals surface area (Å²) in [6.07, 6.45) is 0. The molecule has 1 heterocycles. The largest absolute Gasteiger partial charge is 0.408 e. The standard InChI is InChI=1S/C14H12N4O3S2/c1-17(16-10-2-7-13-14(8-10)22-9-15-13)23-21-12-5-3-11(4-6-12)18(19)20/h2-9,16H,1H3. The summed E-state index contributed by atoms with van der Waals surface area (Å²) >= 11 is 2.67. The Morgan fingerprint density at radius 3 is 2.83 bits per heavy atom. The number of hydrogen-bond acceptors (Lipinski definition) is 8. The van der Waals surface area contributed by atoms with Crippen LogP contribution >= 0.6 is 23.6 Å². The van der Waals surface area contributed by atoms with Crippen LogP contribution in [-0.2, 0) is 0 Å². The van der Waals surface area contributed by atoms with Crippen LogP contribution in [0.2, 0.25) is 0 Å². The third kappa shape index (κ3) is 3.89. The van der Waals surface area contributed by atoms with Crippen molar-refractivity contribution in [3.05, 3.63) is 58.1 Å². The summed E-state index contributed by atoms with van der Waals surface area (Å²) in [6, 6.07) is 11.8. The number of non-ortho nitro benzene ring substituents is 1. The van der Waals surface area contributed by atoms with Crippen LogP contribution in [-0.4, -0.2) is 21.4 Å². The van der Waals surface area contributed by atoms with Gasteiger partial charge < -0.3 is 9.61 Å². The van der Waals surface area contributed by atoms with Crippen molar-refractivity contribution in [3.63, 3.8) is 0 Å². The number of nitro groups is 1. The number of fused-ring (bicyclic) bond motifs is 1. The molecule has 0 atom stereocenters. The predicted molar refractivity (Wildman–Crippen MR) is 92.3 cm³/mol. The quantitative estimate of drug-likeness (QED) is 0.311. The highest BCUT2D eigenvalue weighted by atomic mass is 32.2. The molecule has 0 saturated heterocycles. The van der Waals surface area contributed by atoms with Crippen molar-refractivity contribution in [2.75, 3.05) is 12.5 Å². The normalized spacial score (nSPS) is 10.9. The third-order valence-electron chi connectivity index (χ3n) is 2.91. The lowest BCUT2D eigenvalue weighted by atomic mass is 10.3. The number of nitrogens with zero attached hydrogens (tertiary/aromatic N) is 3. The summed E-state index contributed by atoms with van der Waals surface area (Å²) in [5.74, 6) is 0.534. The van der Waals surface area contributed by atoms with Gasteiger partial charge in [-0.25, -0.2) is 4.98 Å². The van der Waals surface area contributed by atoms with Crippen molar-refractivity contribution in [2.24, 2.45) is 0 Å². The van der Waals surface area contributed by atoms with Crippen molar-refractivity contribution in [1.82, 2.24) is 9.40 Å². The summed E-state index contributed by atoms with van der Waals surface area (Å²) in [7, 11) is 1.81. The fourth-order valence-electron chi connectivity index (χ4n) is 1.85. The zero-order valence-electron chi connectivity index (χ0n) is 12.0. The van der Waals surface area contributed by atoms with Gasteiger partial charge in [0.1, 0.15) is 5.75 Å². The molecule has 118 valence electrons. The summed E-state index contributed by atoms with van der Waals surface area (Å²) < 4.78 is 8.29. The number of thiazole rings is 1. The molecule has 9 heteroatoms. The first-order chi connectivity index (χ1) is 11.1. The van der Waals surface area contributed by atoms with Gasteiger partial charge in [-0.3, -0.25) is 10.1 Å². The average Bonchev–Trinajstić information content (AvgIpc) is 3.01. The number of hydrogen-bond donors (Lipinski definition) is 1. The number of hydrazine groups is 1. The van der Waals surface area contributed by atoms with E-state index in [0.29, 0.717) is 5.75 Å². The Morgan fingerprint density at radius 1 is 1.30 bits per heavy atom. The van der Waals surface area contributed by atoms with E-state index in [4.69, 9.17) is 4.18 Å². The molecule has 23 heavy (non-hydrogen) atoms. The lowest BCUT2D eigenvalue weighted by Crippen LogP contribution is -2.18. The van der Waals surface area contributed by atoms with Gasteiger partial charge in [-0.15, -0.1) is 15.8 Å². The fraction of sp³-hybridized carbons (Fsp3) is 0.0714. The van der Waals surface area contributed by atoms with Gasteiger partial charge in [-0.2, -0.15) is 0 Å². The second kappa shape index (κ2) is 6.82. The van der Waals surface area contributed by atoms with Crippen LogP contribution in [0.25, 0.3) is 10.2 Å². The van der Waals surface area contributed by atoms with E-state index in [-0.39, 0.29) is 5.69 Å². The first-order valence-corrected chi connectivity index (χ1v) is 8.12. The van der Waals surface area contributed by atoms with Crippen molar-refractivity contribution >= 4 is 45.2 Å². The second-order valence-corrected chi connectivity index (χ2v) is 6.30. The molecule has 0 bridgehead atoms. The lowest BCUT2D eigenvalue weighted by Gasteiger charge is -2.17. The smallest absolute Gasteiger partial charge is 0.269 e. The van der Waals surface area contributed by atoms with E-state index in [1.807, 2.05) is 30.8 Å². The van der Waals surface area contributed by atoms with Crippen molar-refractivity contribution in [3.8, 4) is 5.75 Å². The Hall–Kier alpha value is -2.36. The van der Waals surface area contributed by atoms with Gasteiger partial charge in [0.25, 0.3) is 5.69 Å². The molecular formula is C14H12N4O3S2. The third-order valence-corrected chi connectivity index (χ3v) is 4.28. The van der Waals surface area contributed by atoms with E-state index >= 15 is 0 Å². The van der Waals surface area contributed by atoms with Gasteiger partial charge in [0.05, 0.1) is 26.3 Å². The molecule has 1 aromatic heterocycles. The second-order valence-electron chi connectivity index (χ2n) is 4.55. The minimum atomic E-state index is -0.444. The van der Waals surface area contributed by atoms with Crippen LogP contribution in [0.15, 0.2) is 48.0 Å². The van der Waals surface area contributed by atoms with Crippen LogP contribution in [0.3, 0.4) is 0 Å². The van der Waals surface area contributed by atoms with Crippen molar-refractivity contribution in [2.45, 2.75) is 0 Å². The molecule has 0 amide bonds. The molecule has 2 aromatic carbocycles. The molecule has 3 rings (SSSR count). The molecule has 0 spiro atoms. The van der Waals surface area contributed by atoms with Gasteiger partial charge in [0.15, 0.2) is 12.2 Å². The van der Waals surface area contributed by atoms with Crippen LogP contribution in [0.1, 0.15) is 0 Å². The maximum Gasteiger partial charge on any atom is 0.269 e. The summed E-state index contributed by atoms with van der Waals surface area (Å²) in [6.45, 7) is 0. The average molecular weight is 348 g/mol. The summed E-state index contributed by atoms with van der Waals surface area (Å²) in [4.78, 5) is 14.4. The zero-order valence-corrected chi connectivity index (χ0v) is 13.6. The molecule has 0 unspecified atom stereocenters. The highest BCUT2D eigenvalue weighted by Crippen LogP contribution is 2.25. The van der Waals surface area contributed by atoms with Gasteiger partial charge in [0, 0.05) is 19.2 Å². The van der Waals surface area contributed by atoms with Gasteiger partial charge in [-0.1, -0.05) is 0 Å². The molecule has 7 nitrogen and oxygen atoms in total. The highest BCUT2D eigenvalue weighted by Gasteiger charge is 2.07. The molecule has 0 fully saturated rings. The molecule has 0 aliphatic rings. The Labute approximate surface area is 140 Å².